The van der Waals surface area contributed by atoms with Gasteiger partial charge in [-0.2, -0.15) is 0 Å². The number of hydrogen-bond acceptors (Lipinski definition) is 6. The molecule has 124 heavy (non-hydrogen) atoms. The van der Waals surface area contributed by atoms with Gasteiger partial charge in [-0.05, 0) is 158 Å². The number of rotatable bonds is 14. The number of aromatic nitrogens is 10. The van der Waals surface area contributed by atoms with Crippen LogP contribution >= 0.6 is 0 Å². The summed E-state index contributed by atoms with van der Waals surface area (Å²) in [6.45, 7) is 0. The average Bonchev–Trinajstić information content (AvgIpc) is 1.56. The second-order valence-electron chi connectivity index (χ2n) is 31.3. The first-order valence-corrected chi connectivity index (χ1v) is 41.9. The van der Waals surface area contributed by atoms with E-state index in [1.165, 1.54) is 65.2 Å². The molecule has 10 nitrogen and oxygen atoms in total. The fourth-order valence-corrected chi connectivity index (χ4v) is 18.0. The van der Waals surface area contributed by atoms with Gasteiger partial charge in [-0.15, -0.1) is 0 Å². The van der Waals surface area contributed by atoms with Gasteiger partial charge < -0.3 is 18.3 Å². The molecule has 0 unspecified atom stereocenters. The fourth-order valence-electron chi connectivity index (χ4n) is 18.0. The fraction of sp³-hybridized carbons (Fsp3) is 0. The van der Waals surface area contributed by atoms with Crippen LogP contribution in [0.2, 0.25) is 0 Å². The highest BCUT2D eigenvalue weighted by Gasteiger charge is 2.24. The molecule has 16 aromatic carbocycles. The number of nitrogens with zero attached hydrogens (tertiary/aromatic N) is 10. The molecule has 0 saturated heterocycles. The SMILES string of the molecule is c1ccc(-c2cc(-c3ccccc3)nc(-c3ccc(-n4c5ccccc5c5cc6c(cc54)c4ccccc4n6-c4ccc(-c5nc(-c6ccccc6)cc(-c6ccccc6)n5)cc4)cc3)n2)cc1.c1ccc(-c2cccc(-c3ccc(-n4c5ccccc5c5cc6c(cc54)c4ccccc4n6-c4ccc(-c5cccc(-c6ccccc6)n5)cc4)cc3)n2)cc1. The predicted octanol–water partition coefficient (Wildman–Crippen LogP) is 28.8. The molecule has 580 valence electrons. The summed E-state index contributed by atoms with van der Waals surface area (Å²) >= 11 is 0. The lowest BCUT2D eigenvalue weighted by Gasteiger charge is -2.12. The maximum absolute atomic E-state index is 5.11. The quantitative estimate of drug-likeness (QED) is 0.108. The van der Waals surface area contributed by atoms with E-state index in [4.69, 9.17) is 29.9 Å². The van der Waals surface area contributed by atoms with Crippen LogP contribution in [-0.4, -0.2) is 48.2 Å². The van der Waals surface area contributed by atoms with Gasteiger partial charge in [0.25, 0.3) is 0 Å². The monoisotopic (exact) mass is 1580 g/mol. The van der Waals surface area contributed by atoms with Crippen LogP contribution in [0.25, 0.3) is 223 Å². The van der Waals surface area contributed by atoms with E-state index in [-0.39, 0.29) is 0 Å². The normalized spacial score (nSPS) is 11.5. The summed E-state index contributed by atoms with van der Waals surface area (Å²) in [7, 11) is 0. The molecule has 0 aliphatic rings. The van der Waals surface area contributed by atoms with Crippen LogP contribution in [0, 0.1) is 0 Å². The lowest BCUT2D eigenvalue weighted by molar-refractivity contribution is 1.16. The topological polar surface area (TPSA) is 97.1 Å². The van der Waals surface area contributed by atoms with E-state index in [1.54, 1.807) is 0 Å². The van der Waals surface area contributed by atoms with E-state index in [1.807, 2.05) is 84.9 Å². The van der Waals surface area contributed by atoms with Gasteiger partial charge in [-0.25, -0.2) is 29.9 Å². The lowest BCUT2D eigenvalue weighted by atomic mass is 10.1. The van der Waals surface area contributed by atoms with Crippen LogP contribution in [0.5, 0.6) is 0 Å². The first-order valence-electron chi connectivity index (χ1n) is 41.9. The Bertz CT molecular complexity index is 7550. The Morgan fingerprint density at radius 2 is 0.315 bits per heavy atom. The van der Waals surface area contributed by atoms with Crippen molar-refractivity contribution in [3.63, 3.8) is 0 Å². The standard InChI is InChI=1S/C62H40N6.C52H34N4/c1-5-17-41(18-6-1)53-39-54(42-19-7-2-8-20-42)64-61(63-53)45-29-33-47(34-30-45)67-57-27-15-13-25-49(57)51-38-60-52(37-59(51)67)50-26-14-16-28-58(50)68(60)48-35-31-46(32-36-48)62-65-55(43-21-9-3-10-22-43)40-56(66-62)44-23-11-4-12-24-44;1-3-13-35(14-4-1)45-19-11-21-47(53-45)37-25-29-39(30-26-37)55-49-23-9-7-17-41(49)43-34-52-44(33-51(43)55)42-18-8-10-24-50(42)56(52)40-31-27-38(28-32-40)48-22-12-20-46(54-48)36-15-5-2-6-16-36/h1-40H;1-34H. The molecule has 0 atom stereocenters. The minimum atomic E-state index is 0.687. The molecule has 24 rings (SSSR count). The van der Waals surface area contributed by atoms with Crippen LogP contribution in [0.15, 0.2) is 449 Å². The highest BCUT2D eigenvalue weighted by molar-refractivity contribution is 6.21. The summed E-state index contributed by atoms with van der Waals surface area (Å²) in [6.07, 6.45) is 0. The molecule has 0 saturated carbocycles. The molecule has 24 aromatic rings. The Balaban J connectivity index is 0.000000146. The van der Waals surface area contributed by atoms with E-state index < -0.39 is 0 Å². The molecule has 0 amide bonds. The zero-order valence-electron chi connectivity index (χ0n) is 67.2. The van der Waals surface area contributed by atoms with E-state index in [0.29, 0.717) is 11.6 Å². The summed E-state index contributed by atoms with van der Waals surface area (Å²) < 4.78 is 9.58. The Labute approximate surface area is 715 Å². The lowest BCUT2D eigenvalue weighted by Crippen LogP contribution is -1.98. The number of para-hydroxylation sites is 4. The summed E-state index contributed by atoms with van der Waals surface area (Å²) in [5, 5.41) is 9.64. The smallest absolute Gasteiger partial charge is 0.160 e. The van der Waals surface area contributed by atoms with Crippen LogP contribution in [0.1, 0.15) is 0 Å². The Kier molecular flexibility index (Phi) is 18.0. The highest BCUT2D eigenvalue weighted by Crippen LogP contribution is 2.44. The molecule has 8 aromatic heterocycles. The Morgan fingerprint density at radius 1 is 0.121 bits per heavy atom. The summed E-state index contributed by atoms with van der Waals surface area (Å²) in [4.78, 5) is 30.5. The van der Waals surface area contributed by atoms with Crippen LogP contribution in [0.3, 0.4) is 0 Å². The molecule has 0 N–H and O–H groups in total. The maximum Gasteiger partial charge on any atom is 0.160 e. The van der Waals surface area contributed by atoms with Gasteiger partial charge in [-0.1, -0.05) is 291 Å². The molecule has 8 heterocycles. The second-order valence-corrected chi connectivity index (χ2v) is 31.3. The maximum atomic E-state index is 5.11. The number of fused-ring (bicyclic) bond motifs is 12. The van der Waals surface area contributed by atoms with Gasteiger partial charge in [-0.3, -0.25) is 0 Å². The first-order chi connectivity index (χ1) is 61.5. The van der Waals surface area contributed by atoms with E-state index in [9.17, 15) is 0 Å². The van der Waals surface area contributed by atoms with Gasteiger partial charge >= 0.3 is 0 Å². The predicted molar refractivity (Wildman–Crippen MR) is 511 cm³/mol. The third-order valence-electron chi connectivity index (χ3n) is 23.9. The van der Waals surface area contributed by atoms with Crippen molar-refractivity contribution in [2.75, 3.05) is 0 Å². The Hall–Kier alpha value is -16.8. The van der Waals surface area contributed by atoms with E-state index >= 15 is 0 Å². The first kappa shape index (κ1) is 72.4. The van der Waals surface area contributed by atoms with Gasteiger partial charge in [0.15, 0.2) is 11.6 Å². The largest absolute Gasteiger partial charge is 0.309 e. The third-order valence-corrected chi connectivity index (χ3v) is 23.9. The van der Waals surface area contributed by atoms with Crippen LogP contribution in [-0.2, 0) is 0 Å². The van der Waals surface area contributed by atoms with Crippen molar-refractivity contribution in [2.24, 2.45) is 0 Å². The number of benzene rings is 16. The van der Waals surface area contributed by atoms with Gasteiger partial charge in [0.2, 0.25) is 0 Å². The van der Waals surface area contributed by atoms with Gasteiger partial charge in [0, 0.05) is 121 Å². The van der Waals surface area contributed by atoms with Crippen molar-refractivity contribution >= 4 is 87.2 Å². The molecule has 10 heteroatoms. The molecule has 0 fully saturated rings. The molecular formula is C114H74N10. The summed E-state index contributed by atoms with van der Waals surface area (Å²) in [5.74, 6) is 1.37. The molecule has 0 aliphatic heterocycles. The van der Waals surface area contributed by atoms with Crippen LogP contribution in [0.4, 0.5) is 0 Å². The Morgan fingerprint density at radius 3 is 0.548 bits per heavy atom. The van der Waals surface area contributed by atoms with Gasteiger partial charge in [0.1, 0.15) is 0 Å². The highest BCUT2D eigenvalue weighted by atomic mass is 15.0. The minimum Gasteiger partial charge on any atom is -0.309 e. The minimum absolute atomic E-state index is 0.687. The number of pyridine rings is 2. The third kappa shape index (κ3) is 13.1. The second kappa shape index (κ2) is 30.8. The van der Waals surface area contributed by atoms with E-state index in [2.05, 4.69) is 382 Å². The summed E-state index contributed by atoms with van der Waals surface area (Å²) in [6, 6.07) is 158. The molecule has 0 radical (unpaired) electrons. The molecular weight excluding hydrogens is 1510 g/mol. The van der Waals surface area contributed by atoms with E-state index in [0.717, 1.165) is 146 Å². The zero-order chi connectivity index (χ0) is 82.0. The van der Waals surface area contributed by atoms with Crippen molar-refractivity contribution in [2.45, 2.75) is 0 Å². The van der Waals surface area contributed by atoms with Crippen molar-refractivity contribution in [3.8, 4) is 136 Å². The average molecular weight is 1580 g/mol. The zero-order valence-corrected chi connectivity index (χ0v) is 67.2. The molecule has 0 bridgehead atoms. The molecule has 0 spiro atoms. The van der Waals surface area contributed by atoms with Crippen LogP contribution < -0.4 is 0 Å². The van der Waals surface area contributed by atoms with Crippen molar-refractivity contribution < 1.29 is 0 Å². The van der Waals surface area contributed by atoms with Crippen molar-refractivity contribution in [3.05, 3.63) is 449 Å². The van der Waals surface area contributed by atoms with Crippen molar-refractivity contribution in [1.29, 1.82) is 0 Å². The number of hydrogen-bond donors (Lipinski definition) is 0. The van der Waals surface area contributed by atoms with Gasteiger partial charge in [0.05, 0.1) is 89.7 Å². The molecule has 0 aliphatic carbocycles. The summed E-state index contributed by atoms with van der Waals surface area (Å²) in [5.41, 5.74) is 31.6. The van der Waals surface area contributed by atoms with Crippen molar-refractivity contribution in [1.82, 2.24) is 48.2 Å².